The van der Waals surface area contributed by atoms with Crippen molar-refractivity contribution < 1.29 is 4.39 Å². The van der Waals surface area contributed by atoms with Crippen molar-refractivity contribution >= 4 is 0 Å². The van der Waals surface area contributed by atoms with Crippen molar-refractivity contribution in [2.75, 3.05) is 0 Å². The Labute approximate surface area is 56.6 Å². The zero-order chi connectivity index (χ0) is 7.03. The molecule has 0 bridgehead atoms. The van der Waals surface area contributed by atoms with Crippen LogP contribution in [0.1, 0.15) is 5.56 Å². The SMILES string of the molecule is FC1(c2cccnc2)N=N1. The Balaban J connectivity index is 2.36. The van der Waals surface area contributed by atoms with Crippen LogP contribution in [0.25, 0.3) is 0 Å². The van der Waals surface area contributed by atoms with Crippen LogP contribution in [-0.2, 0) is 5.92 Å². The highest BCUT2D eigenvalue weighted by Gasteiger charge is 2.42. The van der Waals surface area contributed by atoms with Crippen LogP contribution < -0.4 is 0 Å². The average Bonchev–Trinajstić information content (AvgIpc) is 2.72. The summed E-state index contributed by atoms with van der Waals surface area (Å²) < 4.78 is 12.9. The van der Waals surface area contributed by atoms with E-state index < -0.39 is 5.92 Å². The summed E-state index contributed by atoms with van der Waals surface area (Å²) in [6, 6.07) is 3.26. The van der Waals surface area contributed by atoms with Crippen molar-refractivity contribution in [3.05, 3.63) is 30.1 Å². The first kappa shape index (κ1) is 5.46. The van der Waals surface area contributed by atoms with Gasteiger partial charge in [0.25, 0.3) is 0 Å². The Hall–Kier alpha value is -1.32. The molecular weight excluding hydrogens is 133 g/mol. The Morgan fingerprint density at radius 2 is 2.20 bits per heavy atom. The monoisotopic (exact) mass is 137 g/mol. The maximum atomic E-state index is 12.9. The van der Waals surface area contributed by atoms with Crippen LogP contribution in [0.15, 0.2) is 34.8 Å². The van der Waals surface area contributed by atoms with Crippen LogP contribution in [0.2, 0.25) is 0 Å². The maximum Gasteiger partial charge on any atom is 0.356 e. The summed E-state index contributed by atoms with van der Waals surface area (Å²) >= 11 is 0. The molecule has 3 nitrogen and oxygen atoms in total. The van der Waals surface area contributed by atoms with Crippen molar-refractivity contribution in [3.8, 4) is 0 Å². The van der Waals surface area contributed by atoms with E-state index >= 15 is 0 Å². The third-order valence-electron chi connectivity index (χ3n) is 1.30. The van der Waals surface area contributed by atoms with Gasteiger partial charge in [-0.3, -0.25) is 4.98 Å². The summed E-state index contributed by atoms with van der Waals surface area (Å²) in [5.74, 6) is -1.77. The molecule has 0 radical (unpaired) electrons. The van der Waals surface area contributed by atoms with Gasteiger partial charge in [0.15, 0.2) is 0 Å². The average molecular weight is 137 g/mol. The minimum absolute atomic E-state index is 0.398. The molecule has 4 heteroatoms. The van der Waals surface area contributed by atoms with Crippen LogP contribution >= 0.6 is 0 Å². The molecule has 1 aliphatic heterocycles. The van der Waals surface area contributed by atoms with Gasteiger partial charge < -0.3 is 0 Å². The molecule has 1 aliphatic rings. The van der Waals surface area contributed by atoms with Crippen molar-refractivity contribution in [3.63, 3.8) is 0 Å². The van der Waals surface area contributed by atoms with Gasteiger partial charge in [0, 0.05) is 12.4 Å². The molecule has 0 saturated carbocycles. The van der Waals surface area contributed by atoms with Gasteiger partial charge in [0.1, 0.15) is 0 Å². The second-order valence-corrected chi connectivity index (χ2v) is 2.03. The van der Waals surface area contributed by atoms with Crippen molar-refractivity contribution in [2.24, 2.45) is 10.2 Å². The Bertz CT molecular complexity index is 264. The fourth-order valence-corrected chi connectivity index (χ4v) is 0.710. The molecule has 10 heavy (non-hydrogen) atoms. The molecule has 0 spiro atoms. The maximum absolute atomic E-state index is 12.9. The number of nitrogens with zero attached hydrogens (tertiary/aromatic N) is 3. The van der Waals surface area contributed by atoms with Gasteiger partial charge in [-0.2, -0.15) is 4.39 Å². The third-order valence-corrected chi connectivity index (χ3v) is 1.30. The van der Waals surface area contributed by atoms with Crippen molar-refractivity contribution in [2.45, 2.75) is 5.92 Å². The number of alkyl halides is 1. The molecule has 2 heterocycles. The summed E-state index contributed by atoms with van der Waals surface area (Å²) in [6.45, 7) is 0. The first-order valence-electron chi connectivity index (χ1n) is 2.85. The molecule has 0 unspecified atom stereocenters. The predicted octanol–water partition coefficient (Wildman–Crippen LogP) is 1.63. The Morgan fingerprint density at radius 3 is 2.70 bits per heavy atom. The second kappa shape index (κ2) is 1.59. The standard InChI is InChI=1S/C6H4FN3/c7-6(9-10-6)5-2-1-3-8-4-5/h1-4H. The first-order valence-corrected chi connectivity index (χ1v) is 2.85. The van der Waals surface area contributed by atoms with Gasteiger partial charge in [-0.05, 0) is 12.1 Å². The molecule has 1 aromatic heterocycles. The number of rotatable bonds is 1. The van der Waals surface area contributed by atoms with Gasteiger partial charge >= 0.3 is 5.92 Å². The lowest BCUT2D eigenvalue weighted by atomic mass is 10.2. The van der Waals surface area contributed by atoms with E-state index in [1.807, 2.05) is 0 Å². The lowest BCUT2D eigenvalue weighted by Gasteiger charge is -1.96. The summed E-state index contributed by atoms with van der Waals surface area (Å²) in [5, 5.41) is 6.45. The molecule has 50 valence electrons. The van der Waals surface area contributed by atoms with E-state index in [1.54, 1.807) is 18.3 Å². The van der Waals surface area contributed by atoms with E-state index in [0.717, 1.165) is 0 Å². The molecule has 0 saturated heterocycles. The Kier molecular flexibility index (Phi) is 0.869. The molecular formula is C6H4FN3. The summed E-state index contributed by atoms with van der Waals surface area (Å²) in [6.07, 6.45) is 3.00. The number of hydrogen-bond acceptors (Lipinski definition) is 3. The quantitative estimate of drug-likeness (QED) is 0.542. The highest BCUT2D eigenvalue weighted by Crippen LogP contribution is 2.39. The lowest BCUT2D eigenvalue weighted by Crippen LogP contribution is -1.98. The lowest BCUT2D eigenvalue weighted by molar-refractivity contribution is 0.289. The zero-order valence-corrected chi connectivity index (χ0v) is 5.03. The normalized spacial score (nSPS) is 18.9. The van der Waals surface area contributed by atoms with E-state index in [-0.39, 0.29) is 0 Å². The van der Waals surface area contributed by atoms with Crippen LogP contribution in [0.4, 0.5) is 4.39 Å². The minimum atomic E-state index is -1.77. The van der Waals surface area contributed by atoms with E-state index in [0.29, 0.717) is 5.56 Å². The van der Waals surface area contributed by atoms with Crippen LogP contribution in [0.3, 0.4) is 0 Å². The molecule has 0 amide bonds. The van der Waals surface area contributed by atoms with Crippen molar-refractivity contribution in [1.82, 2.24) is 4.98 Å². The largest absolute Gasteiger partial charge is 0.356 e. The minimum Gasteiger partial charge on any atom is -0.264 e. The van der Waals surface area contributed by atoms with Gasteiger partial charge in [-0.25, -0.2) is 0 Å². The smallest absolute Gasteiger partial charge is 0.264 e. The molecule has 0 N–H and O–H groups in total. The highest BCUT2D eigenvalue weighted by atomic mass is 19.2. The predicted molar refractivity (Wildman–Crippen MR) is 31.9 cm³/mol. The third kappa shape index (κ3) is 0.689. The summed E-state index contributed by atoms with van der Waals surface area (Å²) in [4.78, 5) is 3.73. The van der Waals surface area contributed by atoms with E-state index in [2.05, 4.69) is 15.2 Å². The van der Waals surface area contributed by atoms with Gasteiger partial charge in [0.2, 0.25) is 0 Å². The number of halogens is 1. The molecule has 2 rings (SSSR count). The molecule has 0 fully saturated rings. The van der Waals surface area contributed by atoms with Gasteiger partial charge in [-0.1, -0.05) is 0 Å². The number of pyridine rings is 1. The fraction of sp³-hybridized carbons (Fsp3) is 0.167. The van der Waals surface area contributed by atoms with Crippen LogP contribution in [0, 0.1) is 0 Å². The Morgan fingerprint density at radius 1 is 1.40 bits per heavy atom. The number of hydrogen-bond donors (Lipinski definition) is 0. The molecule has 0 aliphatic carbocycles. The van der Waals surface area contributed by atoms with E-state index in [9.17, 15) is 4.39 Å². The summed E-state index contributed by atoms with van der Waals surface area (Å²) in [7, 11) is 0. The van der Waals surface area contributed by atoms with Gasteiger partial charge in [0.05, 0.1) is 5.56 Å². The molecule has 0 atom stereocenters. The first-order chi connectivity index (χ1) is 4.81. The zero-order valence-electron chi connectivity index (χ0n) is 5.03. The molecule has 0 aromatic carbocycles. The van der Waals surface area contributed by atoms with Crippen molar-refractivity contribution in [1.29, 1.82) is 0 Å². The second-order valence-electron chi connectivity index (χ2n) is 2.03. The van der Waals surface area contributed by atoms with E-state index in [1.165, 1.54) is 6.20 Å². The van der Waals surface area contributed by atoms with Crippen LogP contribution in [0.5, 0.6) is 0 Å². The van der Waals surface area contributed by atoms with Gasteiger partial charge in [-0.15, -0.1) is 10.2 Å². The number of aromatic nitrogens is 1. The fourth-order valence-electron chi connectivity index (χ4n) is 0.710. The summed E-state index contributed by atoms with van der Waals surface area (Å²) in [5.41, 5.74) is 0.398. The van der Waals surface area contributed by atoms with E-state index in [4.69, 9.17) is 0 Å². The highest BCUT2D eigenvalue weighted by molar-refractivity contribution is 5.19. The van der Waals surface area contributed by atoms with Crippen LogP contribution in [-0.4, -0.2) is 4.98 Å². The molecule has 1 aromatic rings. The topological polar surface area (TPSA) is 37.6 Å².